The molecule has 2 rings (SSSR count). The van der Waals surface area contributed by atoms with Crippen LogP contribution in [0.15, 0.2) is 29.3 Å². The van der Waals surface area contributed by atoms with Crippen LogP contribution in [-0.4, -0.2) is 75.0 Å². The van der Waals surface area contributed by atoms with Gasteiger partial charge in [0.15, 0.2) is 5.96 Å². The van der Waals surface area contributed by atoms with Gasteiger partial charge in [-0.1, -0.05) is 12.1 Å². The van der Waals surface area contributed by atoms with Gasteiger partial charge in [-0.05, 0) is 43.9 Å². The molecule has 1 saturated heterocycles. The number of likely N-dealkylation sites (tertiary alicyclic amines) is 1. The quantitative estimate of drug-likeness (QED) is 0.457. The highest BCUT2D eigenvalue weighted by Gasteiger charge is 2.28. The van der Waals surface area contributed by atoms with Gasteiger partial charge in [-0.25, -0.2) is 0 Å². The molecule has 1 amide bonds. The van der Waals surface area contributed by atoms with Crippen LogP contribution in [0.25, 0.3) is 0 Å². The van der Waals surface area contributed by atoms with Crippen LogP contribution >= 0.6 is 0 Å². The van der Waals surface area contributed by atoms with Gasteiger partial charge in [-0.15, -0.1) is 0 Å². The van der Waals surface area contributed by atoms with Crippen LogP contribution in [0.5, 0.6) is 0 Å². The second-order valence-corrected chi connectivity index (χ2v) is 7.16. The Morgan fingerprint density at radius 1 is 1.36 bits per heavy atom. The van der Waals surface area contributed by atoms with Gasteiger partial charge >= 0.3 is 5.97 Å². The number of hydrogen-bond acceptors (Lipinski definition) is 4. The van der Waals surface area contributed by atoms with E-state index in [0.29, 0.717) is 25.3 Å². The van der Waals surface area contributed by atoms with Crippen molar-refractivity contribution in [2.45, 2.75) is 26.2 Å². The van der Waals surface area contributed by atoms with E-state index in [1.807, 2.05) is 31.2 Å². The zero-order chi connectivity index (χ0) is 20.5. The number of piperidine rings is 1. The van der Waals surface area contributed by atoms with Crippen molar-refractivity contribution >= 4 is 17.8 Å². The molecule has 1 aliphatic rings. The predicted molar refractivity (Wildman–Crippen MR) is 110 cm³/mol. The molecule has 1 aromatic carbocycles. The van der Waals surface area contributed by atoms with Gasteiger partial charge < -0.3 is 19.9 Å². The summed E-state index contributed by atoms with van der Waals surface area (Å²) in [5.41, 5.74) is 1.79. The van der Waals surface area contributed by atoms with Gasteiger partial charge in [0.05, 0.1) is 12.5 Å². The number of amides is 1. The number of nitrogens with one attached hydrogen (secondary N) is 1. The van der Waals surface area contributed by atoms with Gasteiger partial charge in [0.25, 0.3) is 5.91 Å². The van der Waals surface area contributed by atoms with Crippen LogP contribution < -0.4 is 5.32 Å². The Kier molecular flexibility index (Phi) is 8.29. The molecular formula is C21H32N4O3. The first-order valence-electron chi connectivity index (χ1n) is 9.89. The van der Waals surface area contributed by atoms with E-state index in [2.05, 4.69) is 15.2 Å². The van der Waals surface area contributed by atoms with Crippen LogP contribution in [-0.2, 0) is 16.0 Å². The number of benzene rings is 1. The van der Waals surface area contributed by atoms with Crippen LogP contribution in [0, 0.1) is 5.92 Å². The van der Waals surface area contributed by atoms with Gasteiger partial charge in [-0.3, -0.25) is 14.6 Å². The van der Waals surface area contributed by atoms with E-state index in [4.69, 9.17) is 4.74 Å². The first-order chi connectivity index (χ1) is 13.5. The second kappa shape index (κ2) is 10.7. The molecule has 154 valence electrons. The van der Waals surface area contributed by atoms with Gasteiger partial charge in [0.2, 0.25) is 0 Å². The molecule has 1 aliphatic heterocycles. The fourth-order valence-electron chi connectivity index (χ4n) is 3.39. The molecule has 1 atom stereocenters. The molecule has 1 unspecified atom stereocenters. The van der Waals surface area contributed by atoms with E-state index >= 15 is 0 Å². The largest absolute Gasteiger partial charge is 0.466 e. The highest BCUT2D eigenvalue weighted by Crippen LogP contribution is 2.18. The third-order valence-electron chi connectivity index (χ3n) is 4.83. The molecule has 1 N–H and O–H groups in total. The predicted octanol–water partition coefficient (Wildman–Crippen LogP) is 1.78. The number of esters is 1. The average Bonchev–Trinajstić information content (AvgIpc) is 2.71. The van der Waals surface area contributed by atoms with Crippen molar-refractivity contribution in [2.75, 3.05) is 47.4 Å². The maximum Gasteiger partial charge on any atom is 0.310 e. The molecule has 1 heterocycles. The molecule has 28 heavy (non-hydrogen) atoms. The third-order valence-corrected chi connectivity index (χ3v) is 4.83. The van der Waals surface area contributed by atoms with Crippen molar-refractivity contribution in [3.63, 3.8) is 0 Å². The lowest BCUT2D eigenvalue weighted by molar-refractivity contribution is -0.149. The van der Waals surface area contributed by atoms with Crippen LogP contribution in [0.2, 0.25) is 0 Å². The molecule has 0 radical (unpaired) electrons. The molecular weight excluding hydrogens is 356 g/mol. The van der Waals surface area contributed by atoms with Crippen molar-refractivity contribution < 1.29 is 14.3 Å². The van der Waals surface area contributed by atoms with E-state index in [9.17, 15) is 9.59 Å². The number of nitrogens with zero attached hydrogens (tertiary/aromatic N) is 3. The van der Waals surface area contributed by atoms with E-state index in [1.54, 1.807) is 26.0 Å². The number of guanidine groups is 1. The summed E-state index contributed by atoms with van der Waals surface area (Å²) >= 11 is 0. The third kappa shape index (κ3) is 5.97. The second-order valence-electron chi connectivity index (χ2n) is 7.16. The number of hydrogen-bond donors (Lipinski definition) is 1. The van der Waals surface area contributed by atoms with Gasteiger partial charge in [-0.2, -0.15) is 0 Å². The minimum atomic E-state index is -0.120. The maximum atomic E-state index is 12.1. The SMILES string of the molecule is CCOC(=O)C1CCCN(C(=NC)NCCc2cccc(C(=O)N(C)C)c2)C1. The summed E-state index contributed by atoms with van der Waals surface area (Å²) in [6.07, 6.45) is 2.58. The smallest absolute Gasteiger partial charge is 0.310 e. The Balaban J connectivity index is 1.90. The Bertz CT molecular complexity index is 703. The molecule has 7 heteroatoms. The van der Waals surface area contributed by atoms with Crippen LogP contribution in [0.4, 0.5) is 0 Å². The maximum absolute atomic E-state index is 12.1. The summed E-state index contributed by atoms with van der Waals surface area (Å²) in [4.78, 5) is 32.2. The first kappa shape index (κ1) is 21.7. The lowest BCUT2D eigenvalue weighted by atomic mass is 9.98. The molecule has 1 fully saturated rings. The topological polar surface area (TPSA) is 74.2 Å². The van der Waals surface area contributed by atoms with Crippen LogP contribution in [0.3, 0.4) is 0 Å². The van der Waals surface area contributed by atoms with Gasteiger partial charge in [0, 0.05) is 46.3 Å². The first-order valence-corrected chi connectivity index (χ1v) is 9.89. The Morgan fingerprint density at radius 2 is 2.14 bits per heavy atom. The average molecular weight is 389 g/mol. The van der Waals surface area contributed by atoms with Crippen molar-refractivity contribution in [3.05, 3.63) is 35.4 Å². The highest BCUT2D eigenvalue weighted by molar-refractivity contribution is 5.94. The lowest BCUT2D eigenvalue weighted by Gasteiger charge is -2.34. The van der Waals surface area contributed by atoms with Crippen molar-refractivity contribution in [1.29, 1.82) is 0 Å². The van der Waals surface area contributed by atoms with E-state index in [0.717, 1.165) is 37.3 Å². The highest BCUT2D eigenvalue weighted by atomic mass is 16.5. The summed E-state index contributed by atoms with van der Waals surface area (Å²) < 4.78 is 5.17. The fraction of sp³-hybridized carbons (Fsp3) is 0.571. The minimum Gasteiger partial charge on any atom is -0.466 e. The molecule has 7 nitrogen and oxygen atoms in total. The minimum absolute atomic E-state index is 0.00365. The summed E-state index contributed by atoms with van der Waals surface area (Å²) in [5, 5.41) is 3.38. The number of carbonyl (C=O) groups excluding carboxylic acids is 2. The van der Waals surface area contributed by atoms with Crippen LogP contribution in [0.1, 0.15) is 35.7 Å². The Labute approximate surface area is 167 Å². The Hall–Kier alpha value is -2.57. The van der Waals surface area contributed by atoms with Crippen molar-refractivity contribution in [3.8, 4) is 0 Å². The molecule has 0 aliphatic carbocycles. The van der Waals surface area contributed by atoms with Crippen molar-refractivity contribution in [2.24, 2.45) is 10.9 Å². The van der Waals surface area contributed by atoms with E-state index in [-0.39, 0.29) is 17.8 Å². The van der Waals surface area contributed by atoms with E-state index < -0.39 is 0 Å². The normalized spacial score (nSPS) is 17.2. The number of aliphatic imine (C=N–C) groups is 1. The Morgan fingerprint density at radius 3 is 2.82 bits per heavy atom. The van der Waals surface area contributed by atoms with Crippen molar-refractivity contribution in [1.82, 2.24) is 15.1 Å². The summed E-state index contributed by atoms with van der Waals surface area (Å²) in [6, 6.07) is 7.70. The molecule has 0 bridgehead atoms. The number of carbonyl (C=O) groups is 2. The molecule has 0 spiro atoms. The zero-order valence-electron chi connectivity index (χ0n) is 17.4. The summed E-state index contributed by atoms with van der Waals surface area (Å²) in [7, 11) is 5.26. The molecule has 0 aromatic heterocycles. The summed E-state index contributed by atoms with van der Waals surface area (Å²) in [5.74, 6) is 0.587. The molecule has 0 saturated carbocycles. The standard InChI is InChI=1S/C21H32N4O3/c1-5-28-20(27)18-10-7-13-25(15-18)21(22-2)23-12-11-16-8-6-9-17(14-16)19(26)24(3)4/h6,8-9,14,18H,5,7,10-13,15H2,1-4H3,(H,22,23). The number of ether oxygens (including phenoxy) is 1. The zero-order valence-corrected chi connectivity index (χ0v) is 17.4. The fourth-order valence-corrected chi connectivity index (χ4v) is 3.39. The monoisotopic (exact) mass is 388 g/mol. The number of rotatable bonds is 6. The summed E-state index contributed by atoms with van der Waals surface area (Å²) in [6.45, 7) is 4.46. The molecule has 1 aromatic rings. The lowest BCUT2D eigenvalue weighted by Crippen LogP contribution is -2.48. The van der Waals surface area contributed by atoms with Gasteiger partial charge in [0.1, 0.15) is 0 Å². The van der Waals surface area contributed by atoms with E-state index in [1.165, 1.54) is 0 Å².